The van der Waals surface area contributed by atoms with E-state index < -0.39 is 17.5 Å². The third kappa shape index (κ3) is 6.01. The molecule has 2 aromatic heterocycles. The van der Waals surface area contributed by atoms with Crippen LogP contribution in [0.5, 0.6) is 0 Å². The minimum absolute atomic E-state index is 0.0168. The molecule has 0 aliphatic heterocycles. The second kappa shape index (κ2) is 10.1. The average molecular weight is 488 g/mol. The fourth-order valence-electron chi connectivity index (χ4n) is 3.22. The fraction of sp³-hybridized carbons (Fsp3) is 0.227. The summed E-state index contributed by atoms with van der Waals surface area (Å²) in [6.45, 7) is 1.82. The summed E-state index contributed by atoms with van der Waals surface area (Å²) in [6, 6.07) is 12.4. The van der Waals surface area contributed by atoms with Crippen LogP contribution < -0.4 is 10.9 Å². The van der Waals surface area contributed by atoms with Gasteiger partial charge in [0.25, 0.3) is 5.56 Å². The number of hydrogen-bond donors (Lipinski definition) is 2. The Morgan fingerprint density at radius 3 is 2.62 bits per heavy atom. The van der Waals surface area contributed by atoms with Gasteiger partial charge in [-0.05, 0) is 48.7 Å². The molecule has 34 heavy (non-hydrogen) atoms. The highest BCUT2D eigenvalue weighted by molar-refractivity contribution is 7.99. The molecular formula is C22H20F3N7OS. The molecule has 0 aliphatic carbocycles. The molecule has 0 saturated heterocycles. The van der Waals surface area contributed by atoms with Crippen molar-refractivity contribution in [3.05, 3.63) is 82.2 Å². The van der Waals surface area contributed by atoms with Crippen LogP contribution >= 0.6 is 11.8 Å². The molecule has 4 rings (SSSR count). The van der Waals surface area contributed by atoms with Gasteiger partial charge in [0.15, 0.2) is 11.6 Å². The van der Waals surface area contributed by atoms with Crippen molar-refractivity contribution < 1.29 is 13.2 Å². The van der Waals surface area contributed by atoms with Crippen LogP contribution in [0.2, 0.25) is 0 Å². The van der Waals surface area contributed by atoms with E-state index in [1.807, 2.05) is 31.2 Å². The number of anilines is 2. The van der Waals surface area contributed by atoms with Crippen LogP contribution in [0.15, 0.2) is 64.5 Å². The highest BCUT2D eigenvalue weighted by Crippen LogP contribution is 2.33. The van der Waals surface area contributed by atoms with E-state index in [2.05, 4.69) is 30.9 Å². The van der Waals surface area contributed by atoms with E-state index in [1.165, 1.54) is 17.0 Å². The van der Waals surface area contributed by atoms with Gasteiger partial charge in [-0.1, -0.05) is 23.4 Å². The van der Waals surface area contributed by atoms with Crippen molar-refractivity contribution in [1.82, 2.24) is 30.2 Å². The highest BCUT2D eigenvalue weighted by atomic mass is 32.2. The van der Waals surface area contributed by atoms with Gasteiger partial charge in [-0.15, -0.1) is 22.0 Å². The number of nitrogens with zero attached hydrogens (tertiary/aromatic N) is 5. The molecule has 2 N–H and O–H groups in total. The predicted molar refractivity (Wildman–Crippen MR) is 123 cm³/mol. The molecule has 0 radical (unpaired) electrons. The fourth-order valence-corrected chi connectivity index (χ4v) is 3.97. The summed E-state index contributed by atoms with van der Waals surface area (Å²) in [5, 5.41) is 16.7. The Bertz CT molecular complexity index is 1310. The maximum absolute atomic E-state index is 13.1. The minimum atomic E-state index is -4.30. The van der Waals surface area contributed by atoms with E-state index in [0.717, 1.165) is 11.1 Å². The summed E-state index contributed by atoms with van der Waals surface area (Å²) in [5.74, 6) is -0.395. The van der Waals surface area contributed by atoms with E-state index in [-0.39, 0.29) is 5.82 Å². The van der Waals surface area contributed by atoms with Crippen molar-refractivity contribution in [3.63, 3.8) is 0 Å². The number of hydrogen-bond acceptors (Lipinski definition) is 7. The van der Waals surface area contributed by atoms with Crippen molar-refractivity contribution in [2.45, 2.75) is 30.8 Å². The number of halogens is 3. The third-order valence-electron chi connectivity index (χ3n) is 4.86. The molecule has 0 aliphatic rings. The first-order chi connectivity index (χ1) is 16.3. The molecule has 8 nitrogen and oxygen atoms in total. The number of H-pyrrole nitrogens is 1. The largest absolute Gasteiger partial charge is 0.398 e. The van der Waals surface area contributed by atoms with Crippen LogP contribution in [-0.4, -0.2) is 42.1 Å². The van der Waals surface area contributed by atoms with Gasteiger partial charge in [-0.2, -0.15) is 18.4 Å². The Hall–Kier alpha value is -3.67. The topological polar surface area (TPSA) is 101 Å². The molecule has 2 heterocycles. The molecule has 4 aromatic rings. The van der Waals surface area contributed by atoms with Crippen molar-refractivity contribution in [3.8, 4) is 5.69 Å². The third-order valence-corrected chi connectivity index (χ3v) is 6.00. The molecule has 0 bridgehead atoms. The van der Waals surface area contributed by atoms with Crippen LogP contribution in [0.3, 0.4) is 0 Å². The van der Waals surface area contributed by atoms with Crippen molar-refractivity contribution in [2.75, 3.05) is 11.1 Å². The summed E-state index contributed by atoms with van der Waals surface area (Å²) in [7, 11) is 0. The Morgan fingerprint density at radius 2 is 1.91 bits per heavy atom. The monoisotopic (exact) mass is 487 g/mol. The van der Waals surface area contributed by atoms with E-state index >= 15 is 0 Å². The van der Waals surface area contributed by atoms with Gasteiger partial charge >= 0.3 is 6.18 Å². The molecule has 176 valence electrons. The van der Waals surface area contributed by atoms with Crippen LogP contribution in [0.4, 0.5) is 24.7 Å². The van der Waals surface area contributed by atoms with E-state index in [1.54, 1.807) is 18.2 Å². The van der Waals surface area contributed by atoms with E-state index in [4.69, 9.17) is 0 Å². The Labute approximate surface area is 196 Å². The molecule has 0 atom stereocenters. The molecule has 0 unspecified atom stereocenters. The number of aromatic amines is 1. The number of nitrogens with one attached hydrogen (secondary N) is 2. The number of tetrazole rings is 1. The lowest BCUT2D eigenvalue weighted by Gasteiger charge is -2.14. The first-order valence-electron chi connectivity index (χ1n) is 10.2. The van der Waals surface area contributed by atoms with E-state index in [0.29, 0.717) is 46.7 Å². The Kier molecular flexibility index (Phi) is 6.96. The average Bonchev–Trinajstić information content (AvgIpc) is 3.32. The molecule has 0 saturated carbocycles. The Balaban J connectivity index is 1.54. The van der Waals surface area contributed by atoms with Crippen molar-refractivity contribution in [1.29, 1.82) is 0 Å². The van der Waals surface area contributed by atoms with Gasteiger partial charge in [0.05, 0.1) is 11.4 Å². The molecule has 2 aromatic carbocycles. The molecule has 0 fully saturated rings. The summed E-state index contributed by atoms with van der Waals surface area (Å²) in [5.41, 5.74) is 2.49. The molecule has 12 heteroatoms. The zero-order chi connectivity index (χ0) is 24.1. The number of thioether (sulfide) groups is 1. The predicted octanol–water partition coefficient (Wildman–Crippen LogP) is 4.24. The number of aryl methyl sites for hydroxylation is 3. The van der Waals surface area contributed by atoms with Gasteiger partial charge in [-0.3, -0.25) is 9.36 Å². The molecule has 0 spiro atoms. The lowest BCUT2D eigenvalue weighted by atomic mass is 10.1. The highest BCUT2D eigenvalue weighted by Gasteiger charge is 2.27. The number of benzene rings is 2. The number of rotatable bonds is 8. The van der Waals surface area contributed by atoms with Crippen LogP contribution in [0.1, 0.15) is 17.0 Å². The maximum Gasteiger partial charge on any atom is 0.398 e. The first kappa shape index (κ1) is 23.5. The van der Waals surface area contributed by atoms with Gasteiger partial charge in [0.2, 0.25) is 0 Å². The lowest BCUT2D eigenvalue weighted by Crippen LogP contribution is -2.22. The quantitative estimate of drug-likeness (QED) is 0.359. The first-order valence-corrected chi connectivity index (χ1v) is 11.2. The van der Waals surface area contributed by atoms with Crippen molar-refractivity contribution in [2.24, 2.45) is 0 Å². The smallest absolute Gasteiger partial charge is 0.335 e. The van der Waals surface area contributed by atoms with Gasteiger partial charge in [0.1, 0.15) is 0 Å². The van der Waals surface area contributed by atoms with Crippen molar-refractivity contribution >= 4 is 23.3 Å². The second-order valence-corrected chi connectivity index (χ2v) is 8.49. The second-order valence-electron chi connectivity index (χ2n) is 7.47. The van der Waals surface area contributed by atoms with Gasteiger partial charge < -0.3 is 5.32 Å². The van der Waals surface area contributed by atoms with E-state index in [9.17, 15) is 18.0 Å². The lowest BCUT2D eigenvalue weighted by molar-refractivity contribution is -0.105. The molecule has 0 amide bonds. The van der Waals surface area contributed by atoms with Gasteiger partial charge in [-0.25, -0.2) is 4.98 Å². The summed E-state index contributed by atoms with van der Waals surface area (Å²) >= 11 is 0.655. The zero-order valence-electron chi connectivity index (χ0n) is 18.0. The standard InChI is InChI=1S/C22H20F3N7OS/c1-14-2-8-18(34-13-22(23,24)25)17(12-14)27-20-21(33)32(11-10-26-20)16-6-3-15(4-7-16)5-9-19-28-30-31-29-19/h2-4,6-8,10-12H,5,9,13H2,1H3,(H,26,27)(H,28,29,30,31). The summed E-state index contributed by atoms with van der Waals surface area (Å²) in [4.78, 5) is 17.6. The zero-order valence-corrected chi connectivity index (χ0v) is 18.8. The molecular weight excluding hydrogens is 467 g/mol. The number of aromatic nitrogens is 6. The maximum atomic E-state index is 13.1. The summed E-state index contributed by atoms with van der Waals surface area (Å²) in [6.07, 6.45) is 0.0414. The normalized spacial score (nSPS) is 11.5. The van der Waals surface area contributed by atoms with Gasteiger partial charge in [0, 0.05) is 29.4 Å². The summed E-state index contributed by atoms with van der Waals surface area (Å²) < 4.78 is 39.6. The van der Waals surface area contributed by atoms with Crippen LogP contribution in [0.25, 0.3) is 5.69 Å². The van der Waals surface area contributed by atoms with Crippen LogP contribution in [0, 0.1) is 6.92 Å². The number of alkyl halides is 3. The SMILES string of the molecule is Cc1ccc(SCC(F)(F)F)c(Nc2nccn(-c3ccc(CCc4nn[nH]n4)cc3)c2=O)c1. The van der Waals surface area contributed by atoms with Crippen LogP contribution in [-0.2, 0) is 12.8 Å². The Morgan fingerprint density at radius 1 is 1.12 bits per heavy atom. The minimum Gasteiger partial charge on any atom is -0.335 e.